The predicted octanol–water partition coefficient (Wildman–Crippen LogP) is 12.7. The highest BCUT2D eigenvalue weighted by Crippen LogP contribution is 2.63. The molecule has 0 bridgehead atoms. The monoisotopic (exact) mass is 759 g/mol. The summed E-state index contributed by atoms with van der Waals surface area (Å²) in [6.07, 6.45) is 2.28. The highest BCUT2D eigenvalue weighted by Gasteiger charge is 2.51. The Labute approximate surface area is 343 Å². The number of hydrogen-bond donors (Lipinski definition) is 2. The lowest BCUT2D eigenvalue weighted by Gasteiger charge is -2.40. The number of rotatable bonds is 5. The van der Waals surface area contributed by atoms with Crippen molar-refractivity contribution < 1.29 is 0 Å². The molecule has 274 valence electrons. The molecular formula is C54H37N3S. The van der Waals surface area contributed by atoms with Gasteiger partial charge >= 0.3 is 0 Å². The van der Waals surface area contributed by atoms with Gasteiger partial charge in [-0.1, -0.05) is 182 Å². The Morgan fingerprint density at radius 3 is 1.78 bits per heavy atom. The van der Waals surface area contributed by atoms with Gasteiger partial charge in [0.1, 0.15) is 6.17 Å². The normalized spacial score (nSPS) is 16.8. The third kappa shape index (κ3) is 5.47. The molecule has 4 heteroatoms. The van der Waals surface area contributed by atoms with Crippen molar-refractivity contribution in [2.45, 2.75) is 27.4 Å². The van der Waals surface area contributed by atoms with Crippen LogP contribution in [0, 0.1) is 11.3 Å². The molecule has 0 amide bonds. The quantitative estimate of drug-likeness (QED) is 0.183. The second-order valence-corrected chi connectivity index (χ2v) is 16.3. The van der Waals surface area contributed by atoms with Gasteiger partial charge in [0.2, 0.25) is 0 Å². The zero-order valence-electron chi connectivity index (χ0n) is 31.6. The van der Waals surface area contributed by atoms with E-state index in [1.54, 1.807) is 0 Å². The molecule has 1 spiro atoms. The van der Waals surface area contributed by atoms with Gasteiger partial charge in [-0.2, -0.15) is 5.26 Å². The van der Waals surface area contributed by atoms with E-state index >= 15 is 0 Å². The molecule has 3 aliphatic rings. The molecule has 11 rings (SSSR count). The fourth-order valence-corrected chi connectivity index (χ4v) is 10.6. The number of nitrogens with one attached hydrogen (secondary N) is 2. The van der Waals surface area contributed by atoms with E-state index in [1.165, 1.54) is 71.0 Å². The maximum atomic E-state index is 9.34. The van der Waals surface area contributed by atoms with Gasteiger partial charge in [-0.15, -0.1) is 0 Å². The molecule has 8 aromatic rings. The number of benzene rings is 8. The van der Waals surface area contributed by atoms with Crippen LogP contribution in [0.4, 0.5) is 0 Å². The minimum absolute atomic E-state index is 0.0505. The van der Waals surface area contributed by atoms with E-state index in [2.05, 4.69) is 193 Å². The fourth-order valence-electron chi connectivity index (χ4n) is 9.43. The summed E-state index contributed by atoms with van der Waals surface area (Å²) < 4.78 is 0. The van der Waals surface area contributed by atoms with Crippen LogP contribution < -0.4 is 10.6 Å². The van der Waals surface area contributed by atoms with E-state index in [0.29, 0.717) is 5.56 Å². The highest BCUT2D eigenvalue weighted by molar-refractivity contribution is 7.99. The molecule has 0 saturated heterocycles. The van der Waals surface area contributed by atoms with Gasteiger partial charge in [0.05, 0.1) is 23.1 Å². The van der Waals surface area contributed by atoms with Crippen molar-refractivity contribution in [3.63, 3.8) is 0 Å². The number of hydrogen-bond acceptors (Lipinski definition) is 4. The number of nitriles is 1. The zero-order chi connectivity index (χ0) is 38.6. The molecule has 0 radical (unpaired) electrons. The summed E-state index contributed by atoms with van der Waals surface area (Å²) in [6.45, 7) is 0. The summed E-state index contributed by atoms with van der Waals surface area (Å²) in [7, 11) is 0. The standard InChI is InChI=1S/C54H37N3S/c55-34-35-22-24-36(25-23-35)37-26-28-38(29-27-37)42-16-11-19-46-52(42)43-31-30-41(32-47(43)54(46)44-17-7-9-20-50(44)58-51-21-10-8-18-45(51)54)49-33-48(39-12-3-1-4-13-39)56-53(57-49)40-14-5-2-6-15-40/h1-33,49,53,56-57H. The summed E-state index contributed by atoms with van der Waals surface area (Å²) in [5.41, 5.74) is 17.3. The second kappa shape index (κ2) is 13.9. The second-order valence-electron chi connectivity index (χ2n) is 15.2. The number of fused-ring (bicyclic) bond motifs is 9. The minimum Gasteiger partial charge on any atom is -0.366 e. The molecule has 2 heterocycles. The van der Waals surface area contributed by atoms with Gasteiger partial charge in [-0.25, -0.2) is 0 Å². The van der Waals surface area contributed by atoms with Crippen LogP contribution in [0.25, 0.3) is 39.1 Å². The Kier molecular flexibility index (Phi) is 8.25. The van der Waals surface area contributed by atoms with Crippen LogP contribution in [0.1, 0.15) is 56.7 Å². The summed E-state index contributed by atoms with van der Waals surface area (Å²) in [6, 6.07) is 72.4. The van der Waals surface area contributed by atoms with Crippen LogP contribution in [-0.4, -0.2) is 0 Å². The maximum absolute atomic E-state index is 9.34. The average Bonchev–Trinajstić information content (AvgIpc) is 3.59. The fraction of sp³-hybridized carbons (Fsp3) is 0.0556. The molecule has 1 aliphatic carbocycles. The largest absolute Gasteiger partial charge is 0.366 e. The van der Waals surface area contributed by atoms with Crippen LogP contribution >= 0.6 is 11.8 Å². The van der Waals surface area contributed by atoms with Crippen molar-refractivity contribution in [2.24, 2.45) is 0 Å². The molecule has 8 aromatic carbocycles. The van der Waals surface area contributed by atoms with Gasteiger partial charge in [-0.05, 0) is 103 Å². The lowest BCUT2D eigenvalue weighted by molar-refractivity contribution is 0.442. The summed E-state index contributed by atoms with van der Waals surface area (Å²) in [5, 5.41) is 17.1. The van der Waals surface area contributed by atoms with Crippen molar-refractivity contribution in [1.29, 1.82) is 5.26 Å². The molecule has 0 aromatic heterocycles. The third-order valence-corrected chi connectivity index (χ3v) is 13.2. The third-order valence-electron chi connectivity index (χ3n) is 12.1. The molecule has 0 fully saturated rings. The first-order chi connectivity index (χ1) is 28.7. The van der Waals surface area contributed by atoms with Crippen LogP contribution in [0.5, 0.6) is 0 Å². The van der Waals surface area contributed by atoms with E-state index in [9.17, 15) is 5.26 Å². The van der Waals surface area contributed by atoms with E-state index in [-0.39, 0.29) is 12.2 Å². The minimum atomic E-state index is -0.519. The highest BCUT2D eigenvalue weighted by atomic mass is 32.2. The lowest BCUT2D eigenvalue weighted by Crippen LogP contribution is -2.39. The van der Waals surface area contributed by atoms with Crippen molar-refractivity contribution in [3.05, 3.63) is 245 Å². The predicted molar refractivity (Wildman–Crippen MR) is 236 cm³/mol. The SMILES string of the molecule is N#Cc1ccc(-c2ccc(-c3cccc4c3-c3ccc(C5C=C(c6ccccc6)NC(c6ccccc6)N5)cc3C43c4ccccc4Sc4ccccc43)cc2)cc1. The van der Waals surface area contributed by atoms with Crippen LogP contribution in [0.15, 0.2) is 210 Å². The molecule has 58 heavy (non-hydrogen) atoms. The van der Waals surface area contributed by atoms with Crippen LogP contribution in [0.2, 0.25) is 0 Å². The first kappa shape index (κ1) is 34.4. The van der Waals surface area contributed by atoms with E-state index in [0.717, 1.165) is 16.8 Å². The molecular weight excluding hydrogens is 723 g/mol. The Balaban J connectivity index is 1.12. The molecule has 3 nitrogen and oxygen atoms in total. The summed E-state index contributed by atoms with van der Waals surface area (Å²) >= 11 is 1.88. The number of nitrogens with zero attached hydrogens (tertiary/aromatic N) is 1. The Morgan fingerprint density at radius 1 is 0.483 bits per heavy atom. The van der Waals surface area contributed by atoms with Gasteiger partial charge in [0.15, 0.2) is 0 Å². The van der Waals surface area contributed by atoms with Gasteiger partial charge in [0, 0.05) is 15.5 Å². The van der Waals surface area contributed by atoms with Gasteiger partial charge < -0.3 is 5.32 Å². The van der Waals surface area contributed by atoms with Crippen molar-refractivity contribution in [2.75, 3.05) is 0 Å². The Bertz CT molecular complexity index is 2880. The zero-order valence-corrected chi connectivity index (χ0v) is 32.4. The summed E-state index contributed by atoms with van der Waals surface area (Å²) in [4.78, 5) is 2.58. The average molecular weight is 760 g/mol. The van der Waals surface area contributed by atoms with Crippen LogP contribution in [0.3, 0.4) is 0 Å². The van der Waals surface area contributed by atoms with E-state index in [4.69, 9.17) is 0 Å². The van der Waals surface area contributed by atoms with Crippen LogP contribution in [-0.2, 0) is 5.41 Å². The Morgan fingerprint density at radius 2 is 1.09 bits per heavy atom. The first-order valence-corrected chi connectivity index (χ1v) is 20.6. The van der Waals surface area contributed by atoms with Crippen molar-refractivity contribution >= 4 is 17.5 Å². The van der Waals surface area contributed by atoms with E-state index < -0.39 is 5.41 Å². The van der Waals surface area contributed by atoms with E-state index in [1.807, 2.05) is 36.0 Å². The molecule has 2 N–H and O–H groups in total. The molecule has 2 unspecified atom stereocenters. The molecule has 2 aliphatic heterocycles. The maximum Gasteiger partial charge on any atom is 0.104 e. The summed E-state index contributed by atoms with van der Waals surface area (Å²) in [5.74, 6) is 0. The lowest BCUT2D eigenvalue weighted by atomic mass is 9.67. The van der Waals surface area contributed by atoms with Crippen molar-refractivity contribution in [1.82, 2.24) is 10.6 Å². The molecule has 2 atom stereocenters. The smallest absolute Gasteiger partial charge is 0.104 e. The topological polar surface area (TPSA) is 47.9 Å². The molecule has 0 saturated carbocycles. The Hall–Kier alpha value is -6.90. The first-order valence-electron chi connectivity index (χ1n) is 19.8. The van der Waals surface area contributed by atoms with Crippen molar-refractivity contribution in [3.8, 4) is 39.4 Å². The van der Waals surface area contributed by atoms with Gasteiger partial charge in [-0.3, -0.25) is 5.32 Å². The van der Waals surface area contributed by atoms with Gasteiger partial charge in [0.25, 0.3) is 0 Å².